The van der Waals surface area contributed by atoms with Gasteiger partial charge in [0.15, 0.2) is 0 Å². The van der Waals surface area contributed by atoms with Crippen molar-refractivity contribution in [3.05, 3.63) is 35.4 Å². The van der Waals surface area contributed by atoms with E-state index in [-0.39, 0.29) is 12.0 Å². The third-order valence-corrected chi connectivity index (χ3v) is 6.55. The van der Waals surface area contributed by atoms with E-state index in [1.54, 1.807) is 0 Å². The number of aliphatic hydroxyl groups is 1. The quantitative estimate of drug-likeness (QED) is 0.795. The molecule has 2 heterocycles. The van der Waals surface area contributed by atoms with Gasteiger partial charge in [-0.3, -0.25) is 4.90 Å². The minimum atomic E-state index is -0.363. The molecule has 0 bridgehead atoms. The number of piperazine rings is 1. The Labute approximate surface area is 165 Å². The summed E-state index contributed by atoms with van der Waals surface area (Å²) in [6.07, 6.45) is 0.740. The largest absolute Gasteiger partial charge is 0.388 e. The molecule has 1 N–H and O–H groups in total. The van der Waals surface area contributed by atoms with E-state index >= 15 is 0 Å². The minimum Gasteiger partial charge on any atom is -0.388 e. The summed E-state index contributed by atoms with van der Waals surface area (Å²) < 4.78 is 5.67. The summed E-state index contributed by atoms with van der Waals surface area (Å²) in [6, 6.07) is 9.18. The molecule has 0 aliphatic carbocycles. The van der Waals surface area contributed by atoms with Crippen molar-refractivity contribution in [2.75, 3.05) is 45.9 Å². The zero-order valence-electron chi connectivity index (χ0n) is 17.6. The predicted molar refractivity (Wildman–Crippen MR) is 111 cm³/mol. The summed E-state index contributed by atoms with van der Waals surface area (Å²) >= 11 is 0. The summed E-state index contributed by atoms with van der Waals surface area (Å²) in [7, 11) is 0. The highest BCUT2D eigenvalue weighted by Gasteiger charge is 2.30. The lowest BCUT2D eigenvalue weighted by Gasteiger charge is -2.44. The van der Waals surface area contributed by atoms with Crippen molar-refractivity contribution in [3.8, 4) is 0 Å². The van der Waals surface area contributed by atoms with Crippen molar-refractivity contribution < 1.29 is 9.84 Å². The third-order valence-electron chi connectivity index (χ3n) is 6.55. The average Bonchev–Trinajstić information content (AvgIpc) is 2.67. The molecule has 2 saturated heterocycles. The first-order valence-electron chi connectivity index (χ1n) is 10.7. The van der Waals surface area contributed by atoms with Gasteiger partial charge in [-0.25, -0.2) is 0 Å². The summed E-state index contributed by atoms with van der Waals surface area (Å²) in [5.41, 5.74) is 2.40. The molecule has 4 atom stereocenters. The Balaban J connectivity index is 1.48. The molecule has 0 radical (unpaired) electrons. The van der Waals surface area contributed by atoms with Crippen LogP contribution in [0.15, 0.2) is 24.3 Å². The van der Waals surface area contributed by atoms with Crippen LogP contribution in [0.25, 0.3) is 0 Å². The van der Waals surface area contributed by atoms with Crippen molar-refractivity contribution in [1.82, 2.24) is 9.80 Å². The van der Waals surface area contributed by atoms with Gasteiger partial charge in [-0.05, 0) is 35.3 Å². The lowest BCUT2D eigenvalue weighted by atomic mass is 9.88. The van der Waals surface area contributed by atoms with E-state index in [4.69, 9.17) is 4.74 Å². The maximum atomic E-state index is 10.2. The molecule has 27 heavy (non-hydrogen) atoms. The van der Waals surface area contributed by atoms with Gasteiger partial charge in [-0.15, -0.1) is 0 Å². The Kier molecular flexibility index (Phi) is 7.32. The molecular weight excluding hydrogens is 336 g/mol. The van der Waals surface area contributed by atoms with E-state index in [0.29, 0.717) is 17.9 Å². The molecule has 0 aromatic heterocycles. The van der Waals surface area contributed by atoms with Crippen LogP contribution in [0.2, 0.25) is 0 Å². The van der Waals surface area contributed by atoms with Crippen LogP contribution in [-0.2, 0) is 11.2 Å². The maximum absolute atomic E-state index is 10.2. The van der Waals surface area contributed by atoms with E-state index in [1.807, 2.05) is 0 Å². The SMILES string of the molecule is CC(C)C(O)c1ccc(CC(C)C(C)CN2CCN3CCOCC3C2)cc1. The number of rotatable bonds is 7. The van der Waals surface area contributed by atoms with Gasteiger partial charge >= 0.3 is 0 Å². The van der Waals surface area contributed by atoms with Crippen LogP contribution in [0.4, 0.5) is 0 Å². The van der Waals surface area contributed by atoms with Crippen LogP contribution in [0, 0.1) is 17.8 Å². The van der Waals surface area contributed by atoms with Crippen LogP contribution in [0.3, 0.4) is 0 Å². The van der Waals surface area contributed by atoms with Gasteiger partial charge in [-0.2, -0.15) is 0 Å². The molecule has 3 rings (SSSR count). The highest BCUT2D eigenvalue weighted by Crippen LogP contribution is 2.24. The molecule has 4 heteroatoms. The van der Waals surface area contributed by atoms with E-state index < -0.39 is 0 Å². The molecule has 1 aromatic rings. The van der Waals surface area contributed by atoms with Gasteiger partial charge in [0.05, 0.1) is 19.3 Å². The van der Waals surface area contributed by atoms with Gasteiger partial charge in [-0.1, -0.05) is 52.0 Å². The lowest BCUT2D eigenvalue weighted by molar-refractivity contribution is -0.0476. The molecular formula is C23H38N2O2. The summed E-state index contributed by atoms with van der Waals surface area (Å²) in [5.74, 6) is 1.57. The first kappa shape index (κ1) is 20.8. The molecule has 2 fully saturated rings. The van der Waals surface area contributed by atoms with Crippen molar-refractivity contribution in [1.29, 1.82) is 0 Å². The second-order valence-electron chi connectivity index (χ2n) is 9.11. The van der Waals surface area contributed by atoms with Gasteiger partial charge in [0.25, 0.3) is 0 Å². The van der Waals surface area contributed by atoms with Crippen molar-refractivity contribution in [2.24, 2.45) is 17.8 Å². The molecule has 0 saturated carbocycles. The smallest absolute Gasteiger partial charge is 0.0812 e. The summed E-state index contributed by atoms with van der Waals surface area (Å²) in [6.45, 7) is 16.5. The van der Waals surface area contributed by atoms with Gasteiger partial charge in [0, 0.05) is 38.8 Å². The monoisotopic (exact) mass is 374 g/mol. The van der Waals surface area contributed by atoms with Crippen LogP contribution < -0.4 is 0 Å². The van der Waals surface area contributed by atoms with E-state index in [1.165, 1.54) is 25.2 Å². The van der Waals surface area contributed by atoms with Crippen molar-refractivity contribution in [2.45, 2.75) is 46.3 Å². The first-order chi connectivity index (χ1) is 12.9. The van der Waals surface area contributed by atoms with Gasteiger partial charge < -0.3 is 14.7 Å². The molecule has 4 nitrogen and oxygen atoms in total. The number of aliphatic hydroxyl groups excluding tert-OH is 1. The lowest BCUT2D eigenvalue weighted by Crippen LogP contribution is -2.58. The van der Waals surface area contributed by atoms with E-state index in [0.717, 1.165) is 38.3 Å². The third kappa shape index (κ3) is 5.54. The fraction of sp³-hybridized carbons (Fsp3) is 0.739. The summed E-state index contributed by atoms with van der Waals surface area (Å²) in [5, 5.41) is 10.2. The first-order valence-corrected chi connectivity index (χ1v) is 10.7. The minimum absolute atomic E-state index is 0.254. The zero-order valence-corrected chi connectivity index (χ0v) is 17.6. The number of fused-ring (bicyclic) bond motifs is 1. The Bertz CT molecular complexity index is 574. The Hall–Kier alpha value is -0.940. The molecule has 0 amide bonds. The number of morpholine rings is 1. The van der Waals surface area contributed by atoms with Crippen molar-refractivity contribution in [3.63, 3.8) is 0 Å². The van der Waals surface area contributed by atoms with E-state index in [2.05, 4.69) is 61.8 Å². The average molecular weight is 375 g/mol. The van der Waals surface area contributed by atoms with Crippen LogP contribution in [-0.4, -0.2) is 66.9 Å². The highest BCUT2D eigenvalue weighted by molar-refractivity contribution is 5.24. The van der Waals surface area contributed by atoms with Gasteiger partial charge in [0.1, 0.15) is 0 Å². The highest BCUT2D eigenvalue weighted by atomic mass is 16.5. The van der Waals surface area contributed by atoms with Crippen LogP contribution >= 0.6 is 0 Å². The number of nitrogens with zero attached hydrogens (tertiary/aromatic N) is 2. The van der Waals surface area contributed by atoms with E-state index in [9.17, 15) is 5.11 Å². The topological polar surface area (TPSA) is 35.9 Å². The molecule has 1 aromatic carbocycles. The summed E-state index contributed by atoms with van der Waals surface area (Å²) in [4.78, 5) is 5.24. The fourth-order valence-corrected chi connectivity index (χ4v) is 4.37. The number of hydrogen-bond acceptors (Lipinski definition) is 4. The second-order valence-corrected chi connectivity index (χ2v) is 9.11. The fourth-order valence-electron chi connectivity index (χ4n) is 4.37. The number of hydrogen-bond donors (Lipinski definition) is 1. The molecule has 2 aliphatic rings. The second kappa shape index (κ2) is 9.51. The number of benzene rings is 1. The Morgan fingerprint density at radius 3 is 2.48 bits per heavy atom. The van der Waals surface area contributed by atoms with Gasteiger partial charge in [0.2, 0.25) is 0 Å². The Morgan fingerprint density at radius 1 is 1.04 bits per heavy atom. The predicted octanol–water partition coefficient (Wildman–Crippen LogP) is 3.21. The Morgan fingerprint density at radius 2 is 1.78 bits per heavy atom. The molecule has 2 aliphatic heterocycles. The maximum Gasteiger partial charge on any atom is 0.0812 e. The molecule has 4 unspecified atom stereocenters. The standard InChI is InChI=1S/C23H38N2O2/c1-17(2)23(26)21-7-5-20(6-8-21)13-18(3)19(4)14-24-9-10-25-11-12-27-16-22(25)15-24/h5-8,17-19,22-23,26H,9-16H2,1-4H3. The molecule has 0 spiro atoms. The normalized spacial score (nSPS) is 25.2. The van der Waals surface area contributed by atoms with Crippen molar-refractivity contribution >= 4 is 0 Å². The van der Waals surface area contributed by atoms with Crippen LogP contribution in [0.1, 0.15) is 44.9 Å². The zero-order chi connectivity index (χ0) is 19.4. The molecule has 152 valence electrons. The van der Waals surface area contributed by atoms with Crippen LogP contribution in [0.5, 0.6) is 0 Å². The number of ether oxygens (including phenoxy) is 1.